The SMILES string of the molecule is Cc1ccc2c(c1)c1cc(C)ccc1n2C1=C(C#N)C(C(C)(C)n2c3ccccc3c3ccccc32)=C(n2c3ccc(C)cc3c3cc(C)ccc32)C1CC(C)n1c2ccccc2c2ccccc21. The fourth-order valence-electron chi connectivity index (χ4n) is 12.8. The third kappa shape index (κ3) is 5.82. The Morgan fingerprint density at radius 2 is 0.797 bits per heavy atom. The van der Waals surface area contributed by atoms with E-state index >= 15 is 0 Å². The number of rotatable bonds is 7. The molecule has 0 spiro atoms. The number of aryl methyl sites for hydroxylation is 4. The third-order valence-corrected chi connectivity index (χ3v) is 15.6. The first-order chi connectivity index (χ1) is 33.5. The molecular formula is C64H53N5. The summed E-state index contributed by atoms with van der Waals surface area (Å²) in [5.41, 5.74) is 17.3. The van der Waals surface area contributed by atoms with Crippen LogP contribution in [0.4, 0.5) is 0 Å². The molecule has 0 saturated carbocycles. The van der Waals surface area contributed by atoms with Gasteiger partial charge in [0.15, 0.2) is 0 Å². The maximum atomic E-state index is 12.4. The van der Waals surface area contributed by atoms with Gasteiger partial charge in [0, 0.05) is 88.4 Å². The van der Waals surface area contributed by atoms with Crippen molar-refractivity contribution < 1.29 is 0 Å². The van der Waals surface area contributed by atoms with E-state index in [0.717, 1.165) is 62.1 Å². The first-order valence-corrected chi connectivity index (χ1v) is 24.4. The van der Waals surface area contributed by atoms with Crippen molar-refractivity contribution in [3.8, 4) is 6.07 Å². The van der Waals surface area contributed by atoms with Crippen molar-refractivity contribution in [1.82, 2.24) is 18.3 Å². The number of para-hydroxylation sites is 4. The number of hydrogen-bond acceptors (Lipinski definition) is 1. The number of nitrogens with zero attached hydrogens (tertiary/aromatic N) is 5. The zero-order valence-corrected chi connectivity index (χ0v) is 40.3. The number of fused-ring (bicyclic) bond motifs is 12. The van der Waals surface area contributed by atoms with Crippen LogP contribution in [0.5, 0.6) is 0 Å². The molecule has 0 radical (unpaired) electrons. The molecule has 2 unspecified atom stereocenters. The Balaban J connectivity index is 1.21. The summed E-state index contributed by atoms with van der Waals surface area (Å²) in [5.74, 6) is -0.250. The molecule has 4 heterocycles. The zero-order valence-electron chi connectivity index (χ0n) is 40.3. The van der Waals surface area contributed by atoms with Gasteiger partial charge in [-0.05, 0) is 128 Å². The first kappa shape index (κ1) is 41.1. The van der Waals surface area contributed by atoms with Crippen LogP contribution in [0, 0.1) is 44.9 Å². The van der Waals surface area contributed by atoms with E-state index < -0.39 is 5.54 Å². The Morgan fingerprint density at radius 3 is 1.19 bits per heavy atom. The van der Waals surface area contributed by atoms with Crippen LogP contribution >= 0.6 is 0 Å². The maximum absolute atomic E-state index is 12.4. The number of benzene rings is 8. The van der Waals surface area contributed by atoms with Gasteiger partial charge < -0.3 is 18.3 Å². The highest BCUT2D eigenvalue weighted by atomic mass is 15.1. The van der Waals surface area contributed by atoms with E-state index in [1.54, 1.807) is 0 Å². The molecule has 0 fully saturated rings. The van der Waals surface area contributed by atoms with Crippen LogP contribution in [-0.2, 0) is 5.54 Å². The Morgan fingerprint density at radius 1 is 0.449 bits per heavy atom. The monoisotopic (exact) mass is 891 g/mol. The van der Waals surface area contributed by atoms with E-state index in [9.17, 15) is 5.26 Å². The minimum absolute atomic E-state index is 0.00982. The van der Waals surface area contributed by atoms with Gasteiger partial charge in [0.25, 0.3) is 0 Å². The molecule has 69 heavy (non-hydrogen) atoms. The first-order valence-electron chi connectivity index (χ1n) is 24.4. The minimum Gasteiger partial charge on any atom is -0.338 e. The maximum Gasteiger partial charge on any atom is 0.101 e. The second-order valence-corrected chi connectivity index (χ2v) is 20.4. The van der Waals surface area contributed by atoms with Gasteiger partial charge in [-0.3, -0.25) is 0 Å². The molecule has 0 N–H and O–H groups in total. The quantitative estimate of drug-likeness (QED) is 0.157. The fourth-order valence-corrected chi connectivity index (χ4v) is 12.8. The molecule has 0 amide bonds. The number of hydrogen-bond donors (Lipinski definition) is 0. The third-order valence-electron chi connectivity index (χ3n) is 15.6. The predicted molar refractivity (Wildman–Crippen MR) is 291 cm³/mol. The average molecular weight is 892 g/mol. The number of aromatic nitrogens is 4. The van der Waals surface area contributed by atoms with Crippen molar-refractivity contribution in [3.05, 3.63) is 203 Å². The summed E-state index contributed by atoms with van der Waals surface area (Å²) >= 11 is 0. The summed E-state index contributed by atoms with van der Waals surface area (Å²) in [6.07, 6.45) is 0.725. The summed E-state index contributed by atoms with van der Waals surface area (Å²) in [5, 5.41) is 22.1. The fraction of sp³-hybridized carbons (Fsp3) is 0.172. The molecule has 2 atom stereocenters. The molecule has 1 aliphatic carbocycles. The minimum atomic E-state index is -0.747. The van der Waals surface area contributed by atoms with Crippen LogP contribution in [-0.4, -0.2) is 18.3 Å². The zero-order chi connectivity index (χ0) is 47.0. The second kappa shape index (κ2) is 15.0. The highest BCUT2D eigenvalue weighted by molar-refractivity contribution is 6.15. The highest BCUT2D eigenvalue weighted by Crippen LogP contribution is 2.56. The lowest BCUT2D eigenvalue weighted by Crippen LogP contribution is -2.30. The largest absolute Gasteiger partial charge is 0.338 e. The van der Waals surface area contributed by atoms with Crippen LogP contribution in [0.2, 0.25) is 0 Å². The summed E-state index contributed by atoms with van der Waals surface area (Å²) in [6.45, 7) is 15.9. The van der Waals surface area contributed by atoms with Crippen LogP contribution in [0.15, 0.2) is 181 Å². The molecule has 1 aliphatic rings. The Hall–Kier alpha value is -8.07. The Labute approximate surface area is 402 Å². The molecule has 334 valence electrons. The highest BCUT2D eigenvalue weighted by Gasteiger charge is 2.46. The Kier molecular flexibility index (Phi) is 8.92. The molecular weight excluding hydrogens is 839 g/mol. The van der Waals surface area contributed by atoms with Gasteiger partial charge in [0.1, 0.15) is 6.07 Å². The lowest BCUT2D eigenvalue weighted by Gasteiger charge is -2.34. The lowest BCUT2D eigenvalue weighted by molar-refractivity contribution is 0.457. The van der Waals surface area contributed by atoms with Crippen molar-refractivity contribution in [3.63, 3.8) is 0 Å². The van der Waals surface area contributed by atoms with Gasteiger partial charge in [-0.1, -0.05) is 119 Å². The van der Waals surface area contributed by atoms with Crippen LogP contribution in [0.25, 0.3) is 98.6 Å². The van der Waals surface area contributed by atoms with E-state index in [1.165, 1.54) is 76.4 Å². The van der Waals surface area contributed by atoms with E-state index in [-0.39, 0.29) is 12.0 Å². The predicted octanol–water partition coefficient (Wildman–Crippen LogP) is 16.7. The van der Waals surface area contributed by atoms with Gasteiger partial charge in [-0.15, -0.1) is 0 Å². The van der Waals surface area contributed by atoms with E-state index in [0.29, 0.717) is 0 Å². The van der Waals surface area contributed by atoms with E-state index in [2.05, 4.69) is 243 Å². The average Bonchev–Trinajstić information content (AvgIpc) is 4.13. The molecule has 8 aromatic carbocycles. The van der Waals surface area contributed by atoms with Crippen molar-refractivity contribution in [2.45, 2.75) is 66.5 Å². The topological polar surface area (TPSA) is 43.5 Å². The van der Waals surface area contributed by atoms with Crippen LogP contribution < -0.4 is 0 Å². The molecule has 0 saturated heterocycles. The molecule has 13 rings (SSSR count). The van der Waals surface area contributed by atoms with Gasteiger partial charge in [0.2, 0.25) is 0 Å². The van der Waals surface area contributed by atoms with Crippen molar-refractivity contribution in [1.29, 1.82) is 5.26 Å². The molecule has 5 heteroatoms. The number of allylic oxidation sites excluding steroid dienone is 4. The summed E-state index contributed by atoms with van der Waals surface area (Å²) in [4.78, 5) is 0. The van der Waals surface area contributed by atoms with Gasteiger partial charge in [-0.25, -0.2) is 0 Å². The standard InChI is InChI=1S/C64H53N5/c1-38-24-28-55-47(32-38)48-33-39(2)25-29-56(48)67(55)62-51(36-42(5)66-53-20-12-8-16-43(53)44-17-9-13-21-54(44)66)63(68-57-30-26-40(3)34-49(57)50-35-41(4)27-31-58(50)68)61(52(62)37-65)64(6,7)69-59-22-14-10-18-45(59)46-19-11-15-23-60(46)69/h8-35,42,51H,36H2,1-7H3. The van der Waals surface area contributed by atoms with Crippen molar-refractivity contribution in [2.24, 2.45) is 5.92 Å². The summed E-state index contributed by atoms with van der Waals surface area (Å²) in [6, 6.07) is 65.9. The molecule has 0 bridgehead atoms. The van der Waals surface area contributed by atoms with Gasteiger partial charge in [0.05, 0.1) is 38.9 Å². The summed E-state index contributed by atoms with van der Waals surface area (Å²) < 4.78 is 10.2. The van der Waals surface area contributed by atoms with Gasteiger partial charge >= 0.3 is 0 Å². The van der Waals surface area contributed by atoms with Crippen molar-refractivity contribution >= 4 is 98.6 Å². The summed E-state index contributed by atoms with van der Waals surface area (Å²) in [7, 11) is 0. The molecule has 0 aliphatic heterocycles. The van der Waals surface area contributed by atoms with Crippen LogP contribution in [0.3, 0.4) is 0 Å². The molecule has 4 aromatic heterocycles. The van der Waals surface area contributed by atoms with Gasteiger partial charge in [-0.2, -0.15) is 5.26 Å². The molecule has 5 nitrogen and oxygen atoms in total. The molecule has 12 aromatic rings. The van der Waals surface area contributed by atoms with Crippen molar-refractivity contribution in [2.75, 3.05) is 0 Å². The van der Waals surface area contributed by atoms with Crippen LogP contribution in [0.1, 0.15) is 55.5 Å². The van der Waals surface area contributed by atoms with E-state index in [4.69, 9.17) is 0 Å². The smallest absolute Gasteiger partial charge is 0.101 e. The Bertz CT molecular complexity index is 4050. The normalized spacial score (nSPS) is 15.2. The second-order valence-electron chi connectivity index (χ2n) is 20.4. The lowest BCUT2D eigenvalue weighted by atomic mass is 9.87. The van der Waals surface area contributed by atoms with E-state index in [1.807, 2.05) is 0 Å². The number of nitriles is 1.